The standard InChI is InChI=1S/C11H10F3N3/c1-17-9(6-10(15)16-17)7-3-2-4-8(5-7)11(12,13)14/h2-6H,1H3,(H2,15,16). The number of nitrogens with two attached hydrogens (primary N) is 1. The number of aromatic nitrogens is 2. The number of hydrogen-bond acceptors (Lipinski definition) is 2. The summed E-state index contributed by atoms with van der Waals surface area (Å²) in [4.78, 5) is 0. The molecule has 6 heteroatoms. The van der Waals surface area contributed by atoms with Crippen LogP contribution in [-0.4, -0.2) is 9.78 Å². The second kappa shape index (κ2) is 3.80. The molecule has 2 rings (SSSR count). The minimum absolute atomic E-state index is 0.278. The summed E-state index contributed by atoms with van der Waals surface area (Å²) >= 11 is 0. The molecular formula is C11H10F3N3. The van der Waals surface area contributed by atoms with E-state index >= 15 is 0 Å². The topological polar surface area (TPSA) is 43.8 Å². The lowest BCUT2D eigenvalue weighted by atomic mass is 10.1. The molecule has 0 fully saturated rings. The largest absolute Gasteiger partial charge is 0.416 e. The molecular weight excluding hydrogens is 231 g/mol. The highest BCUT2D eigenvalue weighted by Crippen LogP contribution is 2.32. The van der Waals surface area contributed by atoms with Crippen LogP contribution >= 0.6 is 0 Å². The molecule has 1 aromatic heterocycles. The van der Waals surface area contributed by atoms with Crippen molar-refractivity contribution < 1.29 is 13.2 Å². The van der Waals surface area contributed by atoms with E-state index in [2.05, 4.69) is 5.10 Å². The van der Waals surface area contributed by atoms with Crippen molar-refractivity contribution in [3.63, 3.8) is 0 Å². The summed E-state index contributed by atoms with van der Waals surface area (Å²) in [6.07, 6.45) is -4.35. The Morgan fingerprint density at radius 2 is 1.94 bits per heavy atom. The molecule has 0 saturated carbocycles. The molecule has 0 amide bonds. The molecule has 3 nitrogen and oxygen atoms in total. The Morgan fingerprint density at radius 1 is 1.24 bits per heavy atom. The number of benzene rings is 1. The first kappa shape index (κ1) is 11.5. The zero-order chi connectivity index (χ0) is 12.6. The molecule has 90 valence electrons. The fraction of sp³-hybridized carbons (Fsp3) is 0.182. The van der Waals surface area contributed by atoms with Crippen molar-refractivity contribution in [1.82, 2.24) is 9.78 Å². The van der Waals surface area contributed by atoms with E-state index in [1.165, 1.54) is 16.8 Å². The molecule has 0 aliphatic heterocycles. The lowest BCUT2D eigenvalue weighted by Gasteiger charge is -2.08. The summed E-state index contributed by atoms with van der Waals surface area (Å²) in [5.74, 6) is 0.278. The summed E-state index contributed by atoms with van der Waals surface area (Å²) in [6, 6.07) is 6.60. The van der Waals surface area contributed by atoms with Crippen LogP contribution in [0.15, 0.2) is 30.3 Å². The van der Waals surface area contributed by atoms with Crippen LogP contribution in [0.25, 0.3) is 11.3 Å². The van der Waals surface area contributed by atoms with Crippen molar-refractivity contribution in [3.8, 4) is 11.3 Å². The van der Waals surface area contributed by atoms with E-state index in [-0.39, 0.29) is 5.82 Å². The van der Waals surface area contributed by atoms with Gasteiger partial charge in [-0.05, 0) is 12.1 Å². The van der Waals surface area contributed by atoms with Crippen molar-refractivity contribution in [2.24, 2.45) is 7.05 Å². The number of alkyl halides is 3. The van der Waals surface area contributed by atoms with E-state index < -0.39 is 11.7 Å². The fourth-order valence-electron chi connectivity index (χ4n) is 1.61. The van der Waals surface area contributed by atoms with Crippen LogP contribution < -0.4 is 5.73 Å². The second-order valence-corrected chi connectivity index (χ2v) is 3.66. The third-order valence-electron chi connectivity index (χ3n) is 2.38. The van der Waals surface area contributed by atoms with E-state index in [0.29, 0.717) is 11.3 Å². The van der Waals surface area contributed by atoms with Crippen molar-refractivity contribution >= 4 is 5.82 Å². The van der Waals surface area contributed by atoms with E-state index in [9.17, 15) is 13.2 Å². The number of rotatable bonds is 1. The van der Waals surface area contributed by atoms with E-state index in [0.717, 1.165) is 12.1 Å². The zero-order valence-corrected chi connectivity index (χ0v) is 8.99. The highest BCUT2D eigenvalue weighted by molar-refractivity contribution is 5.63. The van der Waals surface area contributed by atoms with Gasteiger partial charge in [-0.15, -0.1) is 0 Å². The molecule has 1 aromatic carbocycles. The third kappa shape index (κ3) is 2.25. The van der Waals surface area contributed by atoms with E-state index in [1.54, 1.807) is 13.1 Å². The predicted octanol–water partition coefficient (Wildman–Crippen LogP) is 2.69. The molecule has 0 spiro atoms. The Hall–Kier alpha value is -1.98. The van der Waals surface area contributed by atoms with Crippen LogP contribution in [0.1, 0.15) is 5.56 Å². The average molecular weight is 241 g/mol. The van der Waals surface area contributed by atoms with Crippen LogP contribution in [0.5, 0.6) is 0 Å². The Labute approximate surface area is 95.7 Å². The van der Waals surface area contributed by atoms with Gasteiger partial charge in [0.05, 0.1) is 11.3 Å². The maximum atomic E-state index is 12.5. The molecule has 0 atom stereocenters. The molecule has 1 heterocycles. The third-order valence-corrected chi connectivity index (χ3v) is 2.38. The smallest absolute Gasteiger partial charge is 0.382 e. The van der Waals surface area contributed by atoms with Gasteiger partial charge >= 0.3 is 6.18 Å². The van der Waals surface area contributed by atoms with Gasteiger partial charge in [0.15, 0.2) is 0 Å². The monoisotopic (exact) mass is 241 g/mol. The van der Waals surface area contributed by atoms with Crippen molar-refractivity contribution in [3.05, 3.63) is 35.9 Å². The van der Waals surface area contributed by atoms with Crippen molar-refractivity contribution in [2.45, 2.75) is 6.18 Å². The van der Waals surface area contributed by atoms with Gasteiger partial charge in [0.1, 0.15) is 5.82 Å². The van der Waals surface area contributed by atoms with Crippen LogP contribution in [-0.2, 0) is 13.2 Å². The molecule has 0 bridgehead atoms. The summed E-state index contributed by atoms with van der Waals surface area (Å²) in [6.45, 7) is 0. The van der Waals surface area contributed by atoms with Crippen molar-refractivity contribution in [2.75, 3.05) is 5.73 Å². The van der Waals surface area contributed by atoms with Gasteiger partial charge in [0.25, 0.3) is 0 Å². The van der Waals surface area contributed by atoms with Gasteiger partial charge in [0, 0.05) is 18.7 Å². The molecule has 0 unspecified atom stereocenters. The molecule has 2 N–H and O–H groups in total. The summed E-state index contributed by atoms with van der Waals surface area (Å²) in [7, 11) is 1.63. The number of aryl methyl sites for hydroxylation is 1. The Balaban J connectivity index is 2.50. The van der Waals surface area contributed by atoms with Gasteiger partial charge in [-0.3, -0.25) is 4.68 Å². The molecule has 0 radical (unpaired) electrons. The van der Waals surface area contributed by atoms with Gasteiger partial charge in [0.2, 0.25) is 0 Å². The molecule has 0 aliphatic carbocycles. The highest BCUT2D eigenvalue weighted by atomic mass is 19.4. The minimum atomic E-state index is -4.35. The lowest BCUT2D eigenvalue weighted by Crippen LogP contribution is -2.05. The molecule has 0 aliphatic rings. The van der Waals surface area contributed by atoms with E-state index in [1.807, 2.05) is 0 Å². The summed E-state index contributed by atoms with van der Waals surface area (Å²) < 4.78 is 39.1. The van der Waals surface area contributed by atoms with Crippen molar-refractivity contribution in [1.29, 1.82) is 0 Å². The Morgan fingerprint density at radius 3 is 2.47 bits per heavy atom. The summed E-state index contributed by atoms with van der Waals surface area (Å²) in [5.41, 5.74) is 5.79. The first-order chi connectivity index (χ1) is 7.88. The van der Waals surface area contributed by atoms with E-state index in [4.69, 9.17) is 5.73 Å². The number of nitrogens with zero attached hydrogens (tertiary/aromatic N) is 2. The van der Waals surface area contributed by atoms with Crippen LogP contribution in [0.2, 0.25) is 0 Å². The first-order valence-corrected chi connectivity index (χ1v) is 4.85. The Kier molecular flexibility index (Phi) is 2.57. The minimum Gasteiger partial charge on any atom is -0.382 e. The van der Waals surface area contributed by atoms with Gasteiger partial charge in [-0.25, -0.2) is 0 Å². The molecule has 0 saturated heterocycles. The summed E-state index contributed by atoms with van der Waals surface area (Å²) in [5, 5.41) is 3.89. The average Bonchev–Trinajstić information content (AvgIpc) is 2.57. The lowest BCUT2D eigenvalue weighted by molar-refractivity contribution is -0.137. The van der Waals surface area contributed by atoms with Crippen LogP contribution in [0.3, 0.4) is 0 Å². The number of nitrogen functional groups attached to an aromatic ring is 1. The molecule has 17 heavy (non-hydrogen) atoms. The predicted molar refractivity (Wildman–Crippen MR) is 58.1 cm³/mol. The zero-order valence-electron chi connectivity index (χ0n) is 8.99. The fourth-order valence-corrected chi connectivity index (χ4v) is 1.61. The van der Waals surface area contributed by atoms with Gasteiger partial charge in [-0.2, -0.15) is 18.3 Å². The quantitative estimate of drug-likeness (QED) is 0.834. The first-order valence-electron chi connectivity index (χ1n) is 4.85. The van der Waals surface area contributed by atoms with Gasteiger partial charge < -0.3 is 5.73 Å². The normalized spacial score (nSPS) is 11.8. The number of hydrogen-bond donors (Lipinski definition) is 1. The Bertz CT molecular complexity index is 543. The van der Waals surface area contributed by atoms with Gasteiger partial charge in [-0.1, -0.05) is 12.1 Å². The molecule has 2 aromatic rings. The second-order valence-electron chi connectivity index (χ2n) is 3.66. The SMILES string of the molecule is Cn1nc(N)cc1-c1cccc(C(F)(F)F)c1. The number of halogens is 3. The van der Waals surface area contributed by atoms with Crippen LogP contribution in [0, 0.1) is 0 Å². The highest BCUT2D eigenvalue weighted by Gasteiger charge is 2.30. The maximum Gasteiger partial charge on any atom is 0.416 e. The number of anilines is 1. The maximum absolute atomic E-state index is 12.5. The van der Waals surface area contributed by atoms with Crippen LogP contribution in [0.4, 0.5) is 19.0 Å².